The van der Waals surface area contributed by atoms with Crippen LogP contribution in [-0.2, 0) is 5.54 Å². The molecule has 0 aliphatic rings. The number of nitrogens with two attached hydrogens (primary N) is 1. The highest BCUT2D eigenvalue weighted by molar-refractivity contribution is 5.48. The molecule has 0 bridgehead atoms. The van der Waals surface area contributed by atoms with Crippen LogP contribution in [0.2, 0.25) is 0 Å². The van der Waals surface area contributed by atoms with Crippen LogP contribution in [0.4, 0.5) is 0 Å². The van der Waals surface area contributed by atoms with E-state index in [-0.39, 0.29) is 6.61 Å². The van der Waals surface area contributed by atoms with Crippen LogP contribution < -0.4 is 5.73 Å². The number of hydrogen-bond donors (Lipinski definition) is 2. The molecule has 1 atom stereocenters. The van der Waals surface area contributed by atoms with Crippen LogP contribution in [0.1, 0.15) is 18.1 Å². The van der Waals surface area contributed by atoms with Crippen LogP contribution in [0, 0.1) is 0 Å². The molecule has 13 heavy (non-hydrogen) atoms. The van der Waals surface area contributed by atoms with Crippen LogP contribution >= 0.6 is 0 Å². The van der Waals surface area contributed by atoms with Crippen molar-refractivity contribution in [3.05, 3.63) is 42.0 Å². The Balaban J connectivity index is 3.08. The van der Waals surface area contributed by atoms with Crippen molar-refractivity contribution in [1.29, 1.82) is 0 Å². The third kappa shape index (κ3) is 2.17. The molecule has 0 saturated heterocycles. The van der Waals surface area contributed by atoms with E-state index in [1.165, 1.54) is 0 Å². The zero-order chi connectivity index (χ0) is 9.90. The molecule has 2 nitrogen and oxygen atoms in total. The predicted molar refractivity (Wildman–Crippen MR) is 55.2 cm³/mol. The van der Waals surface area contributed by atoms with Crippen LogP contribution in [0.3, 0.4) is 0 Å². The fraction of sp³-hybridized carbons (Fsp3) is 0.273. The molecule has 0 aromatic heterocycles. The van der Waals surface area contributed by atoms with Crippen LogP contribution in [0.25, 0.3) is 6.08 Å². The van der Waals surface area contributed by atoms with Gasteiger partial charge in [0.15, 0.2) is 0 Å². The summed E-state index contributed by atoms with van der Waals surface area (Å²) in [5.74, 6) is 0. The van der Waals surface area contributed by atoms with Crippen LogP contribution in [0.5, 0.6) is 0 Å². The van der Waals surface area contributed by atoms with E-state index >= 15 is 0 Å². The molecule has 0 amide bonds. The average Bonchev–Trinajstić information content (AvgIpc) is 2.18. The highest BCUT2D eigenvalue weighted by atomic mass is 16.3. The zero-order valence-electron chi connectivity index (χ0n) is 7.83. The van der Waals surface area contributed by atoms with Crippen molar-refractivity contribution in [2.24, 2.45) is 5.73 Å². The lowest BCUT2D eigenvalue weighted by Gasteiger charge is -2.22. The molecular weight excluding hydrogens is 162 g/mol. The van der Waals surface area contributed by atoms with Gasteiger partial charge in [-0.15, -0.1) is 0 Å². The molecule has 2 heteroatoms. The Morgan fingerprint density at radius 3 is 2.85 bits per heavy atom. The highest BCUT2D eigenvalue weighted by Crippen LogP contribution is 2.18. The van der Waals surface area contributed by atoms with Gasteiger partial charge in [0.1, 0.15) is 0 Å². The molecule has 3 N–H and O–H groups in total. The van der Waals surface area contributed by atoms with Gasteiger partial charge in [0, 0.05) is 0 Å². The summed E-state index contributed by atoms with van der Waals surface area (Å²) in [6.07, 6.45) is 1.76. The molecule has 0 aliphatic carbocycles. The SMILES string of the molecule is C=Cc1cccc([C@](C)(N)CO)c1. The largest absolute Gasteiger partial charge is 0.394 e. The van der Waals surface area contributed by atoms with E-state index in [2.05, 4.69) is 6.58 Å². The summed E-state index contributed by atoms with van der Waals surface area (Å²) >= 11 is 0. The minimum atomic E-state index is -0.668. The van der Waals surface area contributed by atoms with Crippen molar-refractivity contribution in [1.82, 2.24) is 0 Å². The number of aliphatic hydroxyl groups is 1. The normalized spacial score (nSPS) is 15.0. The van der Waals surface area contributed by atoms with Crippen LogP contribution in [-0.4, -0.2) is 11.7 Å². The molecular formula is C11H15NO. The van der Waals surface area contributed by atoms with Gasteiger partial charge in [0.05, 0.1) is 12.1 Å². The summed E-state index contributed by atoms with van der Waals surface area (Å²) in [6, 6.07) is 7.70. The first-order valence-electron chi connectivity index (χ1n) is 4.23. The maximum absolute atomic E-state index is 9.06. The predicted octanol–water partition coefficient (Wildman–Crippen LogP) is 1.50. The molecule has 0 aliphatic heterocycles. The second kappa shape index (κ2) is 3.73. The lowest BCUT2D eigenvalue weighted by Crippen LogP contribution is -2.36. The van der Waals surface area contributed by atoms with Gasteiger partial charge in [-0.05, 0) is 24.1 Å². The first-order valence-corrected chi connectivity index (χ1v) is 4.23. The maximum atomic E-state index is 9.06. The van der Waals surface area contributed by atoms with Gasteiger partial charge >= 0.3 is 0 Å². The molecule has 0 unspecified atom stereocenters. The summed E-state index contributed by atoms with van der Waals surface area (Å²) in [5, 5.41) is 9.06. The minimum absolute atomic E-state index is 0.0619. The smallest absolute Gasteiger partial charge is 0.0650 e. The molecule has 0 fully saturated rings. The lowest BCUT2D eigenvalue weighted by atomic mass is 9.93. The molecule has 1 aromatic rings. The molecule has 70 valence electrons. The minimum Gasteiger partial charge on any atom is -0.394 e. The third-order valence-corrected chi connectivity index (χ3v) is 2.11. The van der Waals surface area contributed by atoms with Gasteiger partial charge in [0.2, 0.25) is 0 Å². The van der Waals surface area contributed by atoms with Crippen molar-refractivity contribution >= 4 is 6.08 Å². The van der Waals surface area contributed by atoms with Crippen molar-refractivity contribution in [2.75, 3.05) is 6.61 Å². The summed E-state index contributed by atoms with van der Waals surface area (Å²) in [4.78, 5) is 0. The number of hydrogen-bond acceptors (Lipinski definition) is 2. The summed E-state index contributed by atoms with van der Waals surface area (Å²) in [7, 11) is 0. The first kappa shape index (κ1) is 9.96. The van der Waals surface area contributed by atoms with Crippen molar-refractivity contribution in [3.8, 4) is 0 Å². The lowest BCUT2D eigenvalue weighted by molar-refractivity contribution is 0.210. The second-order valence-corrected chi connectivity index (χ2v) is 3.41. The van der Waals surface area contributed by atoms with E-state index in [1.54, 1.807) is 13.0 Å². The summed E-state index contributed by atoms with van der Waals surface area (Å²) in [5.41, 5.74) is 7.15. The summed E-state index contributed by atoms with van der Waals surface area (Å²) < 4.78 is 0. The first-order chi connectivity index (χ1) is 6.10. The van der Waals surface area contributed by atoms with Crippen molar-refractivity contribution < 1.29 is 5.11 Å². The standard InChI is InChI=1S/C11H15NO/c1-3-9-5-4-6-10(7-9)11(2,12)8-13/h3-7,13H,1,8,12H2,2H3/t11-/m1/s1. The van der Waals surface area contributed by atoms with E-state index in [0.717, 1.165) is 11.1 Å². The van der Waals surface area contributed by atoms with E-state index in [0.29, 0.717) is 0 Å². The Morgan fingerprint density at radius 2 is 2.31 bits per heavy atom. The summed E-state index contributed by atoms with van der Waals surface area (Å²) in [6.45, 7) is 5.42. The molecule has 1 rings (SSSR count). The van der Waals surface area contributed by atoms with Crippen molar-refractivity contribution in [3.63, 3.8) is 0 Å². The van der Waals surface area contributed by atoms with E-state index < -0.39 is 5.54 Å². The Labute approximate surface area is 78.7 Å². The molecule has 0 saturated carbocycles. The van der Waals surface area contributed by atoms with Crippen LogP contribution in [0.15, 0.2) is 30.8 Å². The third-order valence-electron chi connectivity index (χ3n) is 2.11. The van der Waals surface area contributed by atoms with Gasteiger partial charge in [0.25, 0.3) is 0 Å². The van der Waals surface area contributed by atoms with Gasteiger partial charge < -0.3 is 10.8 Å². The second-order valence-electron chi connectivity index (χ2n) is 3.41. The van der Waals surface area contributed by atoms with Gasteiger partial charge in [-0.3, -0.25) is 0 Å². The monoisotopic (exact) mass is 177 g/mol. The number of rotatable bonds is 3. The van der Waals surface area contributed by atoms with Gasteiger partial charge in [-0.1, -0.05) is 30.9 Å². The van der Waals surface area contributed by atoms with Gasteiger partial charge in [-0.25, -0.2) is 0 Å². The van der Waals surface area contributed by atoms with E-state index in [1.807, 2.05) is 24.3 Å². The van der Waals surface area contributed by atoms with Crippen molar-refractivity contribution in [2.45, 2.75) is 12.5 Å². The number of benzene rings is 1. The van der Waals surface area contributed by atoms with Gasteiger partial charge in [-0.2, -0.15) is 0 Å². The molecule has 0 radical (unpaired) electrons. The zero-order valence-corrected chi connectivity index (χ0v) is 7.83. The fourth-order valence-electron chi connectivity index (χ4n) is 1.11. The molecule has 0 spiro atoms. The average molecular weight is 177 g/mol. The molecule has 1 aromatic carbocycles. The fourth-order valence-corrected chi connectivity index (χ4v) is 1.11. The maximum Gasteiger partial charge on any atom is 0.0650 e. The molecule has 0 heterocycles. The Bertz CT molecular complexity index is 305. The van der Waals surface area contributed by atoms with E-state index in [9.17, 15) is 0 Å². The Kier molecular flexibility index (Phi) is 2.86. The quantitative estimate of drug-likeness (QED) is 0.735. The van der Waals surface area contributed by atoms with E-state index in [4.69, 9.17) is 10.8 Å². The highest BCUT2D eigenvalue weighted by Gasteiger charge is 2.19. The number of aliphatic hydroxyl groups excluding tert-OH is 1. The Hall–Kier alpha value is -1.12. The Morgan fingerprint density at radius 1 is 1.62 bits per heavy atom. The topological polar surface area (TPSA) is 46.2 Å².